The number of H-pyrrole nitrogens is 1. The van der Waals surface area contributed by atoms with Crippen LogP contribution in [0.1, 0.15) is 38.2 Å². The molecule has 1 saturated carbocycles. The third-order valence-electron chi connectivity index (χ3n) is 2.43. The molecule has 1 aromatic rings. The van der Waals surface area contributed by atoms with E-state index in [1.807, 2.05) is 13.8 Å². The minimum Gasteiger partial charge on any atom is -0.493 e. The number of aromatic amines is 1. The van der Waals surface area contributed by atoms with Crippen LogP contribution in [0.25, 0.3) is 0 Å². The number of nitrogens with zero attached hydrogens (tertiary/aromatic N) is 1. The van der Waals surface area contributed by atoms with Crippen molar-refractivity contribution in [2.45, 2.75) is 38.6 Å². The lowest BCUT2D eigenvalue weighted by Gasteiger charge is -2.08. The maximum absolute atomic E-state index is 11.6. The Balaban J connectivity index is 2.33. The van der Waals surface area contributed by atoms with Crippen LogP contribution in [-0.4, -0.2) is 21.1 Å². The number of rotatable bonds is 3. The molecule has 2 rings (SSSR count). The highest BCUT2D eigenvalue weighted by Gasteiger charge is 2.23. The summed E-state index contributed by atoms with van der Waals surface area (Å²) in [5.41, 5.74) is 0.0806. The Kier molecular flexibility index (Phi) is 2.38. The molecule has 1 aromatic heterocycles. The molecule has 5 nitrogen and oxygen atoms in total. The normalized spacial score (nSPS) is 15.7. The highest BCUT2D eigenvalue weighted by Crippen LogP contribution is 2.24. The number of anilines is 1. The lowest BCUT2D eigenvalue weighted by molar-refractivity contribution is 0.440. The summed E-state index contributed by atoms with van der Waals surface area (Å²) in [4.78, 5) is 18.2. The van der Waals surface area contributed by atoms with E-state index in [9.17, 15) is 9.90 Å². The lowest BCUT2D eigenvalue weighted by atomic mass is 10.1. The SMILES string of the molecule is CC(C)c1c(O)nc(NC2CC2)[nH]c1=O. The topological polar surface area (TPSA) is 78.0 Å². The summed E-state index contributed by atoms with van der Waals surface area (Å²) >= 11 is 0. The molecular weight excluding hydrogens is 194 g/mol. The summed E-state index contributed by atoms with van der Waals surface area (Å²) in [7, 11) is 0. The molecule has 15 heavy (non-hydrogen) atoms. The zero-order valence-electron chi connectivity index (χ0n) is 8.87. The molecule has 1 aliphatic rings. The lowest BCUT2D eigenvalue weighted by Crippen LogP contribution is -2.18. The van der Waals surface area contributed by atoms with Gasteiger partial charge in [-0.05, 0) is 18.8 Å². The van der Waals surface area contributed by atoms with E-state index in [1.165, 1.54) is 0 Å². The fourth-order valence-electron chi connectivity index (χ4n) is 1.48. The van der Waals surface area contributed by atoms with E-state index in [1.54, 1.807) is 0 Å². The molecule has 3 N–H and O–H groups in total. The number of hydrogen-bond acceptors (Lipinski definition) is 4. The summed E-state index contributed by atoms with van der Waals surface area (Å²) in [6.45, 7) is 3.69. The first kappa shape index (κ1) is 10.0. The summed E-state index contributed by atoms with van der Waals surface area (Å²) in [6.07, 6.45) is 2.19. The highest BCUT2D eigenvalue weighted by molar-refractivity contribution is 5.35. The second-order valence-electron chi connectivity index (χ2n) is 4.23. The summed E-state index contributed by atoms with van der Waals surface area (Å²) in [6, 6.07) is 0.400. The molecule has 82 valence electrons. The van der Waals surface area contributed by atoms with Gasteiger partial charge < -0.3 is 10.4 Å². The molecule has 5 heteroatoms. The first-order valence-corrected chi connectivity index (χ1v) is 5.17. The quantitative estimate of drug-likeness (QED) is 0.698. The van der Waals surface area contributed by atoms with E-state index >= 15 is 0 Å². The van der Waals surface area contributed by atoms with Crippen molar-refractivity contribution >= 4 is 5.95 Å². The highest BCUT2D eigenvalue weighted by atomic mass is 16.3. The van der Waals surface area contributed by atoms with E-state index in [4.69, 9.17) is 0 Å². The van der Waals surface area contributed by atoms with Gasteiger partial charge in [-0.1, -0.05) is 13.8 Å². The van der Waals surface area contributed by atoms with Crippen molar-refractivity contribution in [3.63, 3.8) is 0 Å². The molecule has 1 aliphatic carbocycles. The molecule has 0 aromatic carbocycles. The van der Waals surface area contributed by atoms with Crippen molar-refractivity contribution in [1.29, 1.82) is 0 Å². The van der Waals surface area contributed by atoms with Gasteiger partial charge in [0.2, 0.25) is 11.8 Å². The minimum absolute atomic E-state index is 0.0313. The van der Waals surface area contributed by atoms with Crippen molar-refractivity contribution < 1.29 is 5.11 Å². The van der Waals surface area contributed by atoms with Gasteiger partial charge in [-0.25, -0.2) is 0 Å². The van der Waals surface area contributed by atoms with Gasteiger partial charge in [0, 0.05) is 6.04 Å². The van der Waals surface area contributed by atoms with Crippen molar-refractivity contribution in [2.75, 3.05) is 5.32 Å². The minimum atomic E-state index is -0.263. The van der Waals surface area contributed by atoms with E-state index in [0.29, 0.717) is 17.6 Å². The molecule has 0 radical (unpaired) electrons. The Bertz CT molecular complexity index is 421. The van der Waals surface area contributed by atoms with Crippen molar-refractivity contribution in [2.24, 2.45) is 0 Å². The maximum atomic E-state index is 11.6. The predicted molar refractivity (Wildman–Crippen MR) is 57.3 cm³/mol. The smallest absolute Gasteiger partial charge is 0.259 e. The van der Waals surface area contributed by atoms with Gasteiger partial charge >= 0.3 is 0 Å². The number of aromatic nitrogens is 2. The van der Waals surface area contributed by atoms with Crippen molar-refractivity contribution in [3.8, 4) is 5.88 Å². The molecule has 1 heterocycles. The van der Waals surface area contributed by atoms with Crippen LogP contribution in [0.5, 0.6) is 5.88 Å². The van der Waals surface area contributed by atoms with Crippen LogP contribution in [0.2, 0.25) is 0 Å². The van der Waals surface area contributed by atoms with Crippen LogP contribution >= 0.6 is 0 Å². The number of hydrogen-bond donors (Lipinski definition) is 3. The molecule has 0 aliphatic heterocycles. The first-order chi connectivity index (χ1) is 7.08. The number of aromatic hydroxyl groups is 1. The standard InChI is InChI=1S/C10H15N3O2/c1-5(2)7-8(14)12-10(13-9(7)15)11-6-3-4-6/h5-6H,3-4H2,1-2H3,(H3,11,12,13,14,15). The molecule has 0 bridgehead atoms. The summed E-state index contributed by atoms with van der Waals surface area (Å²) in [5.74, 6) is 0.164. The van der Waals surface area contributed by atoms with Gasteiger partial charge in [-0.3, -0.25) is 9.78 Å². The summed E-state index contributed by atoms with van der Waals surface area (Å²) in [5, 5.41) is 12.6. The average Bonchev–Trinajstić information content (AvgIpc) is 2.85. The molecule has 0 saturated heterocycles. The van der Waals surface area contributed by atoms with Gasteiger partial charge in [0.1, 0.15) is 0 Å². The second kappa shape index (κ2) is 3.56. The molecule has 0 unspecified atom stereocenters. The molecule has 0 spiro atoms. The molecule has 1 fully saturated rings. The fourth-order valence-corrected chi connectivity index (χ4v) is 1.48. The van der Waals surface area contributed by atoms with Gasteiger partial charge in [0.15, 0.2) is 0 Å². The third-order valence-corrected chi connectivity index (χ3v) is 2.43. The summed E-state index contributed by atoms with van der Waals surface area (Å²) < 4.78 is 0. The Morgan fingerprint density at radius 3 is 2.67 bits per heavy atom. The van der Waals surface area contributed by atoms with Crippen LogP contribution in [-0.2, 0) is 0 Å². The Morgan fingerprint density at radius 1 is 1.53 bits per heavy atom. The van der Waals surface area contributed by atoms with E-state index < -0.39 is 0 Å². The van der Waals surface area contributed by atoms with Crippen LogP contribution < -0.4 is 10.9 Å². The first-order valence-electron chi connectivity index (χ1n) is 5.17. The average molecular weight is 209 g/mol. The van der Waals surface area contributed by atoms with Crippen LogP contribution in [0, 0.1) is 0 Å². The Hall–Kier alpha value is -1.52. The molecule has 0 atom stereocenters. The van der Waals surface area contributed by atoms with E-state index in [-0.39, 0.29) is 17.4 Å². The van der Waals surface area contributed by atoms with Gasteiger partial charge in [-0.2, -0.15) is 4.98 Å². The Labute approximate surface area is 87.6 Å². The van der Waals surface area contributed by atoms with Gasteiger partial charge in [0.05, 0.1) is 5.56 Å². The van der Waals surface area contributed by atoms with Gasteiger partial charge in [0.25, 0.3) is 5.56 Å². The van der Waals surface area contributed by atoms with E-state index in [2.05, 4.69) is 15.3 Å². The van der Waals surface area contributed by atoms with Crippen LogP contribution in [0.4, 0.5) is 5.95 Å². The largest absolute Gasteiger partial charge is 0.493 e. The fraction of sp³-hybridized carbons (Fsp3) is 0.600. The van der Waals surface area contributed by atoms with Crippen LogP contribution in [0.15, 0.2) is 4.79 Å². The monoisotopic (exact) mass is 209 g/mol. The zero-order valence-corrected chi connectivity index (χ0v) is 8.87. The van der Waals surface area contributed by atoms with Crippen LogP contribution in [0.3, 0.4) is 0 Å². The second-order valence-corrected chi connectivity index (χ2v) is 4.23. The van der Waals surface area contributed by atoms with E-state index in [0.717, 1.165) is 12.8 Å². The molecule has 0 amide bonds. The molecular formula is C10H15N3O2. The zero-order chi connectivity index (χ0) is 11.0. The van der Waals surface area contributed by atoms with Gasteiger partial charge in [-0.15, -0.1) is 0 Å². The number of nitrogens with one attached hydrogen (secondary N) is 2. The third kappa shape index (κ3) is 2.11. The Morgan fingerprint density at radius 2 is 2.20 bits per heavy atom. The van der Waals surface area contributed by atoms with Crippen molar-refractivity contribution in [3.05, 3.63) is 15.9 Å². The van der Waals surface area contributed by atoms with Crippen molar-refractivity contribution in [1.82, 2.24) is 9.97 Å². The predicted octanol–water partition coefficient (Wildman–Crippen LogP) is 1.17. The maximum Gasteiger partial charge on any atom is 0.259 e.